The number of phenolic OH excluding ortho intramolecular Hbond substituents is 1. The van der Waals surface area contributed by atoms with Crippen molar-refractivity contribution in [2.45, 2.75) is 39.3 Å². The summed E-state index contributed by atoms with van der Waals surface area (Å²) in [7, 11) is 0. The number of amides is 1. The lowest BCUT2D eigenvalue weighted by Gasteiger charge is -2.14. The van der Waals surface area contributed by atoms with Gasteiger partial charge in [-0.25, -0.2) is 10.9 Å². The van der Waals surface area contributed by atoms with Crippen LogP contribution in [0.5, 0.6) is 5.75 Å². The fraction of sp³-hybridized carbons (Fsp3) is 0.316. The molecule has 1 amide bonds. The first-order chi connectivity index (χ1) is 11.8. The molecule has 1 fully saturated rings. The highest BCUT2D eigenvalue weighted by Crippen LogP contribution is 2.32. The SMILES string of the molecule is Cc1cc(O)c(C2CC(C(=O)Nc3ccc(C)c(Cl)c3)NN2)cc1C. The number of hydrogen-bond acceptors (Lipinski definition) is 4. The summed E-state index contributed by atoms with van der Waals surface area (Å²) in [5.41, 5.74) is 10.7. The molecule has 132 valence electrons. The molecule has 2 unspecified atom stereocenters. The smallest absolute Gasteiger partial charge is 0.242 e. The highest BCUT2D eigenvalue weighted by molar-refractivity contribution is 6.31. The third-order valence-electron chi connectivity index (χ3n) is 4.68. The zero-order valence-electron chi connectivity index (χ0n) is 14.5. The highest BCUT2D eigenvalue weighted by Gasteiger charge is 2.31. The largest absolute Gasteiger partial charge is 0.508 e. The van der Waals surface area contributed by atoms with Gasteiger partial charge in [-0.2, -0.15) is 0 Å². The summed E-state index contributed by atoms with van der Waals surface area (Å²) in [6.07, 6.45) is 0.543. The van der Waals surface area contributed by atoms with Crippen molar-refractivity contribution in [1.82, 2.24) is 10.9 Å². The van der Waals surface area contributed by atoms with Crippen LogP contribution in [-0.2, 0) is 4.79 Å². The van der Waals surface area contributed by atoms with Gasteiger partial charge in [0.05, 0.1) is 6.04 Å². The minimum absolute atomic E-state index is 0.128. The molecule has 2 aromatic rings. The van der Waals surface area contributed by atoms with Crippen molar-refractivity contribution < 1.29 is 9.90 Å². The van der Waals surface area contributed by atoms with Crippen LogP contribution >= 0.6 is 11.6 Å². The van der Waals surface area contributed by atoms with E-state index in [0.29, 0.717) is 17.1 Å². The summed E-state index contributed by atoms with van der Waals surface area (Å²) in [4.78, 5) is 12.5. The van der Waals surface area contributed by atoms with E-state index in [9.17, 15) is 9.90 Å². The second-order valence-corrected chi connectivity index (χ2v) is 6.99. The maximum absolute atomic E-state index is 12.5. The zero-order valence-corrected chi connectivity index (χ0v) is 15.2. The standard InChI is InChI=1S/C19H22ClN3O2/c1-10-4-5-13(8-15(10)20)21-19(25)17-9-16(22-23-17)14-6-11(2)12(3)7-18(14)24/h4-8,16-17,22-24H,9H2,1-3H3,(H,21,25). The number of nitrogens with one attached hydrogen (secondary N) is 3. The van der Waals surface area contributed by atoms with Gasteiger partial charge in [-0.15, -0.1) is 0 Å². The van der Waals surface area contributed by atoms with Gasteiger partial charge in [0, 0.05) is 16.3 Å². The maximum atomic E-state index is 12.5. The minimum Gasteiger partial charge on any atom is -0.508 e. The molecular weight excluding hydrogens is 338 g/mol. The van der Waals surface area contributed by atoms with Crippen LogP contribution in [0.25, 0.3) is 0 Å². The van der Waals surface area contributed by atoms with Crippen LogP contribution in [0.15, 0.2) is 30.3 Å². The number of hydrogen-bond donors (Lipinski definition) is 4. The van der Waals surface area contributed by atoms with Gasteiger partial charge in [0.25, 0.3) is 0 Å². The lowest BCUT2D eigenvalue weighted by Crippen LogP contribution is -2.39. The Morgan fingerprint density at radius 2 is 1.84 bits per heavy atom. The van der Waals surface area contributed by atoms with Crippen molar-refractivity contribution in [3.05, 3.63) is 57.6 Å². The van der Waals surface area contributed by atoms with Crippen LogP contribution in [0.4, 0.5) is 5.69 Å². The van der Waals surface area contributed by atoms with E-state index in [1.165, 1.54) is 0 Å². The quantitative estimate of drug-likeness (QED) is 0.676. The van der Waals surface area contributed by atoms with Crippen molar-refractivity contribution in [3.8, 4) is 5.75 Å². The van der Waals surface area contributed by atoms with E-state index < -0.39 is 6.04 Å². The van der Waals surface area contributed by atoms with Crippen LogP contribution in [0.1, 0.15) is 34.7 Å². The molecule has 3 rings (SSSR count). The summed E-state index contributed by atoms with van der Waals surface area (Å²) in [5, 5.41) is 13.7. The van der Waals surface area contributed by atoms with Crippen molar-refractivity contribution in [2.24, 2.45) is 0 Å². The Morgan fingerprint density at radius 1 is 1.12 bits per heavy atom. The molecule has 0 saturated carbocycles. The normalized spacial score (nSPS) is 19.8. The monoisotopic (exact) mass is 359 g/mol. The number of carbonyl (C=O) groups is 1. The molecule has 4 N–H and O–H groups in total. The molecule has 1 saturated heterocycles. The molecule has 0 spiro atoms. The Hall–Kier alpha value is -2.08. The number of aryl methyl sites for hydroxylation is 3. The maximum Gasteiger partial charge on any atom is 0.242 e. The molecule has 0 aliphatic carbocycles. The first-order valence-corrected chi connectivity index (χ1v) is 8.61. The second-order valence-electron chi connectivity index (χ2n) is 6.58. The van der Waals surface area contributed by atoms with Crippen molar-refractivity contribution in [1.29, 1.82) is 0 Å². The minimum atomic E-state index is -0.397. The van der Waals surface area contributed by atoms with E-state index in [1.807, 2.05) is 39.0 Å². The number of anilines is 1. The predicted molar refractivity (Wildman–Crippen MR) is 99.8 cm³/mol. The first-order valence-electron chi connectivity index (χ1n) is 8.23. The van der Waals surface area contributed by atoms with Gasteiger partial charge in [0.15, 0.2) is 0 Å². The highest BCUT2D eigenvalue weighted by atomic mass is 35.5. The molecule has 1 aliphatic rings. The van der Waals surface area contributed by atoms with E-state index in [-0.39, 0.29) is 17.7 Å². The average molecular weight is 360 g/mol. The third kappa shape index (κ3) is 3.79. The Kier molecular flexibility index (Phi) is 4.99. The molecule has 1 aliphatic heterocycles. The fourth-order valence-corrected chi connectivity index (χ4v) is 3.11. The van der Waals surface area contributed by atoms with E-state index in [0.717, 1.165) is 22.3 Å². The van der Waals surface area contributed by atoms with E-state index in [2.05, 4.69) is 16.2 Å². The van der Waals surface area contributed by atoms with Gasteiger partial charge in [-0.1, -0.05) is 23.7 Å². The molecule has 1 heterocycles. The molecule has 0 radical (unpaired) electrons. The summed E-state index contributed by atoms with van der Waals surface area (Å²) in [6.45, 7) is 5.88. The lowest BCUT2D eigenvalue weighted by atomic mass is 9.97. The number of rotatable bonds is 3. The number of halogens is 1. The van der Waals surface area contributed by atoms with Gasteiger partial charge in [-0.05, 0) is 62.1 Å². The van der Waals surface area contributed by atoms with E-state index in [1.54, 1.807) is 12.1 Å². The molecule has 0 bridgehead atoms. The Labute approximate surface area is 152 Å². The zero-order chi connectivity index (χ0) is 18.1. The van der Waals surface area contributed by atoms with Crippen molar-refractivity contribution >= 4 is 23.2 Å². The number of phenols is 1. The number of carbonyl (C=O) groups excluding carboxylic acids is 1. The van der Waals surface area contributed by atoms with Crippen LogP contribution < -0.4 is 16.2 Å². The molecule has 6 heteroatoms. The van der Waals surface area contributed by atoms with E-state index >= 15 is 0 Å². The summed E-state index contributed by atoms with van der Waals surface area (Å²) >= 11 is 6.10. The van der Waals surface area contributed by atoms with Crippen molar-refractivity contribution in [3.63, 3.8) is 0 Å². The molecule has 5 nitrogen and oxygen atoms in total. The Bertz CT molecular complexity index is 823. The summed E-state index contributed by atoms with van der Waals surface area (Å²) < 4.78 is 0. The number of hydrazine groups is 1. The first kappa shape index (κ1) is 17.7. The van der Waals surface area contributed by atoms with Crippen LogP contribution in [0, 0.1) is 20.8 Å². The number of aromatic hydroxyl groups is 1. The third-order valence-corrected chi connectivity index (χ3v) is 5.08. The van der Waals surface area contributed by atoms with Crippen LogP contribution in [0.3, 0.4) is 0 Å². The van der Waals surface area contributed by atoms with Crippen LogP contribution in [0.2, 0.25) is 5.02 Å². The predicted octanol–water partition coefficient (Wildman–Crippen LogP) is 3.52. The van der Waals surface area contributed by atoms with Gasteiger partial charge >= 0.3 is 0 Å². The van der Waals surface area contributed by atoms with Gasteiger partial charge in [0.2, 0.25) is 5.91 Å². The fourth-order valence-electron chi connectivity index (χ4n) is 2.93. The molecule has 2 aromatic carbocycles. The molecule has 0 aromatic heterocycles. The Morgan fingerprint density at radius 3 is 2.56 bits per heavy atom. The van der Waals surface area contributed by atoms with E-state index in [4.69, 9.17) is 11.6 Å². The van der Waals surface area contributed by atoms with Crippen LogP contribution in [-0.4, -0.2) is 17.1 Å². The molecular formula is C19H22ClN3O2. The topological polar surface area (TPSA) is 73.4 Å². The lowest BCUT2D eigenvalue weighted by molar-refractivity contribution is -0.117. The van der Waals surface area contributed by atoms with Gasteiger partial charge in [0.1, 0.15) is 11.8 Å². The second kappa shape index (κ2) is 7.04. The van der Waals surface area contributed by atoms with Gasteiger partial charge in [-0.3, -0.25) is 4.79 Å². The molecule has 25 heavy (non-hydrogen) atoms. The Balaban J connectivity index is 1.69. The van der Waals surface area contributed by atoms with Crippen molar-refractivity contribution in [2.75, 3.05) is 5.32 Å². The average Bonchev–Trinajstić information content (AvgIpc) is 3.04. The molecule has 2 atom stereocenters. The number of benzene rings is 2. The van der Waals surface area contributed by atoms with Gasteiger partial charge < -0.3 is 10.4 Å². The summed E-state index contributed by atoms with van der Waals surface area (Å²) in [5.74, 6) is 0.104. The summed E-state index contributed by atoms with van der Waals surface area (Å²) in [6, 6.07) is 8.63.